The van der Waals surface area contributed by atoms with Crippen molar-refractivity contribution in [3.63, 3.8) is 0 Å². The zero-order chi connectivity index (χ0) is 50.6. The molecule has 0 radical (unpaired) electrons. The number of cyclic esters (lactones) is 1. The number of hydrogen-bond acceptors (Lipinski definition) is 14. The number of Topliss-reactive ketones (excluding diaryl/α,β-unsaturated/α-hetero) is 3. The highest BCUT2D eigenvalue weighted by Gasteiger charge is 2.55. The molecule has 3 unspecified atom stereocenters. The monoisotopic (exact) mass is 967 g/mol. The number of amides is 1. The molecule has 0 aromatic carbocycles. The summed E-state index contributed by atoms with van der Waals surface area (Å²) in [5, 5.41) is 34.9. The Hall–Kier alpha value is -4.26. The number of rotatable bonds is 7. The maximum Gasteiger partial charge on any atom is 0.329 e. The van der Waals surface area contributed by atoms with Gasteiger partial charge < -0.3 is 38.8 Å². The summed E-state index contributed by atoms with van der Waals surface area (Å²) >= 11 is 0. The summed E-state index contributed by atoms with van der Waals surface area (Å²) in [5.74, 6) is -7.95. The van der Waals surface area contributed by atoms with Gasteiger partial charge in [0.2, 0.25) is 5.78 Å². The van der Waals surface area contributed by atoms with Gasteiger partial charge in [-0.15, -0.1) is 0 Å². The maximum atomic E-state index is 14.7. The minimum Gasteiger partial charge on any atom is -0.460 e. The number of aliphatic hydroxyl groups is 2. The fourth-order valence-corrected chi connectivity index (χ4v) is 10.7. The average molecular weight is 967 g/mol. The number of ketones is 3. The lowest BCUT2D eigenvalue weighted by molar-refractivity contribution is -0.834. The molecule has 0 spiro atoms. The number of fused-ring (bicyclic) bond motifs is 3. The van der Waals surface area contributed by atoms with Crippen LogP contribution in [0.5, 0.6) is 0 Å². The van der Waals surface area contributed by atoms with Gasteiger partial charge in [-0.25, -0.2) is 4.79 Å². The van der Waals surface area contributed by atoms with Crippen molar-refractivity contribution in [2.75, 3.05) is 27.9 Å². The van der Waals surface area contributed by atoms with Gasteiger partial charge >= 0.3 is 11.8 Å². The predicted molar refractivity (Wildman–Crippen MR) is 255 cm³/mol. The van der Waals surface area contributed by atoms with Crippen molar-refractivity contribution in [2.45, 2.75) is 180 Å². The Kier molecular flexibility index (Phi) is 20.8. The molecular formula is C52H80N5O12+. The first-order chi connectivity index (χ1) is 32.8. The number of piperidine rings is 1. The zero-order valence-electron chi connectivity index (χ0n) is 42.6. The molecule has 4 aliphatic rings. The largest absolute Gasteiger partial charge is 0.460 e. The van der Waals surface area contributed by atoms with Crippen molar-refractivity contribution < 1.29 is 62.7 Å². The summed E-state index contributed by atoms with van der Waals surface area (Å²) in [6.45, 7) is 12.8. The van der Waals surface area contributed by atoms with Crippen LogP contribution in [0.3, 0.4) is 0 Å². The maximum absolute atomic E-state index is 14.7. The molecule has 1 aromatic rings. The fourth-order valence-electron chi connectivity index (χ4n) is 10.7. The number of esters is 1. The summed E-state index contributed by atoms with van der Waals surface area (Å²) in [5.41, 5.74) is 1.24. The smallest absolute Gasteiger partial charge is 0.329 e. The van der Waals surface area contributed by atoms with E-state index in [9.17, 15) is 34.2 Å². The number of aliphatic hydroxyl groups excluding tert-OH is 1. The quantitative estimate of drug-likeness (QED) is 0.134. The molecule has 69 heavy (non-hydrogen) atoms. The van der Waals surface area contributed by atoms with Crippen LogP contribution in [0.4, 0.5) is 0 Å². The number of nitrogens with zero attached hydrogens (tertiary/aromatic N) is 4. The Morgan fingerprint density at radius 2 is 1.65 bits per heavy atom. The topological polar surface area (TPSA) is 221 Å². The van der Waals surface area contributed by atoms with Gasteiger partial charge in [0.05, 0.1) is 17.3 Å². The SMILES string of the molecule is CO[C@H]1CC2CC[C@@H](C)C(=O)C(O)(O2)C(=O)N2CCCCC2C(=O)O[C@H]([C@H](C)C[C@@H]2CC[C@H]([n+]3ncn[nH]3)[C@H](OC)C2)CC(=O)[C@H](C)/C=C(\C)[C@@H](O)[C@@H](OC)C(=O)[C@@H](C)C[C@H](C)/C=C/C=C/C=C1C. The highest BCUT2D eigenvalue weighted by Crippen LogP contribution is 2.38. The number of aromatic nitrogens is 4. The highest BCUT2D eigenvalue weighted by molar-refractivity contribution is 6.09. The van der Waals surface area contributed by atoms with E-state index in [1.807, 2.05) is 58.1 Å². The van der Waals surface area contributed by atoms with Crippen molar-refractivity contribution >= 4 is 29.2 Å². The number of aromatic amines is 1. The van der Waals surface area contributed by atoms with Crippen LogP contribution in [0, 0.1) is 35.5 Å². The Morgan fingerprint density at radius 3 is 2.33 bits per heavy atom. The number of ether oxygens (including phenoxy) is 5. The minimum atomic E-state index is -2.85. The molecule has 1 aliphatic carbocycles. The lowest BCUT2D eigenvalue weighted by atomic mass is 9.77. The van der Waals surface area contributed by atoms with Gasteiger partial charge in [-0.1, -0.05) is 75.9 Å². The van der Waals surface area contributed by atoms with Gasteiger partial charge in [-0.2, -0.15) is 0 Å². The Bertz CT molecular complexity index is 2020. The molecule has 1 amide bonds. The van der Waals surface area contributed by atoms with Crippen LogP contribution >= 0.6 is 0 Å². The van der Waals surface area contributed by atoms with Crippen molar-refractivity contribution in [1.82, 2.24) is 20.3 Å². The summed E-state index contributed by atoms with van der Waals surface area (Å²) in [4.78, 5) is 74.3. The number of carbonyl (C=O) groups is 5. The molecule has 2 bridgehead atoms. The Morgan fingerprint density at radius 1 is 0.899 bits per heavy atom. The molecule has 384 valence electrons. The predicted octanol–water partition coefficient (Wildman–Crippen LogP) is 5.47. The van der Waals surface area contributed by atoms with E-state index in [1.165, 1.54) is 18.3 Å². The summed E-state index contributed by atoms with van der Waals surface area (Å²) in [6, 6.07) is -1.21. The number of tetrazole rings is 1. The van der Waals surface area contributed by atoms with Crippen LogP contribution in [0.25, 0.3) is 0 Å². The normalized spacial score (nSPS) is 38.0. The van der Waals surface area contributed by atoms with Crippen molar-refractivity contribution in [3.8, 4) is 0 Å². The van der Waals surface area contributed by atoms with Gasteiger partial charge in [-0.3, -0.25) is 19.2 Å². The van der Waals surface area contributed by atoms with Gasteiger partial charge in [-0.05, 0) is 117 Å². The summed E-state index contributed by atoms with van der Waals surface area (Å²) in [7, 11) is 4.62. The number of carbonyl (C=O) groups excluding carboxylic acids is 5. The third-order valence-corrected chi connectivity index (χ3v) is 15.1. The van der Waals surface area contributed by atoms with Crippen LogP contribution in [0.15, 0.2) is 53.9 Å². The van der Waals surface area contributed by atoms with E-state index in [2.05, 4.69) is 15.4 Å². The van der Waals surface area contributed by atoms with Gasteiger partial charge in [0.1, 0.15) is 36.2 Å². The van der Waals surface area contributed by atoms with Crippen LogP contribution in [-0.4, -0.2) is 136 Å². The first kappa shape index (κ1) is 55.7. The molecule has 5 rings (SSSR count). The lowest BCUT2D eigenvalue weighted by Gasteiger charge is -2.40. The molecule has 3 fully saturated rings. The van der Waals surface area contributed by atoms with E-state index < -0.39 is 77.8 Å². The molecule has 3 aliphatic heterocycles. The molecule has 1 saturated carbocycles. The van der Waals surface area contributed by atoms with E-state index in [4.69, 9.17) is 23.7 Å². The summed E-state index contributed by atoms with van der Waals surface area (Å²) in [6.07, 6.45) is 13.3. The molecule has 1 aromatic heterocycles. The van der Waals surface area contributed by atoms with E-state index in [0.29, 0.717) is 50.5 Å². The van der Waals surface area contributed by atoms with E-state index in [1.54, 1.807) is 45.9 Å². The van der Waals surface area contributed by atoms with E-state index >= 15 is 0 Å². The molecular weight excluding hydrogens is 887 g/mol. The number of allylic oxidation sites excluding steroid dienone is 6. The lowest BCUT2D eigenvalue weighted by Crippen LogP contribution is -2.62. The third-order valence-electron chi connectivity index (χ3n) is 15.1. The first-order valence-corrected chi connectivity index (χ1v) is 25.1. The Balaban J connectivity index is 1.49. The van der Waals surface area contributed by atoms with Crippen LogP contribution in [0.2, 0.25) is 0 Å². The standard InChI is InChI=1S/C52H79N5O12/c1-31-16-12-11-13-17-32(2)43(65-8)28-39-21-19-33(3)49(61)52(64,69-39)51(63)56-23-15-14-18-41(56)50(62)68-44(35(5)26-38-20-22-40(45(27-38)66-9)57-54-30-53-55-57)29-42(58)34(4)25-37(7)47(60)48(67-10)46(59)36(6)24-31/h11-13,16-17,25,30-31,33-36,38-41,43-45,47-48,60,64H,14-15,18-24,26-29H2,1-10H3/p+1/b13-11+,16-12+,32-17?,37-25+/t31-,33-,34-,35-,36+,38+,39?,40+,41?,43+,44+,45-,47-,48+,52?/m1/s1. The third kappa shape index (κ3) is 14.2. The average Bonchev–Trinajstić information content (AvgIpc) is 3.85. The second kappa shape index (κ2) is 25.7. The van der Waals surface area contributed by atoms with Gasteiger partial charge in [0, 0.05) is 58.5 Å². The number of nitrogens with one attached hydrogen (secondary N) is 1. The van der Waals surface area contributed by atoms with Crippen molar-refractivity contribution in [1.29, 1.82) is 0 Å². The van der Waals surface area contributed by atoms with Gasteiger partial charge in [0.25, 0.3) is 12.2 Å². The zero-order valence-corrected chi connectivity index (χ0v) is 42.6. The van der Waals surface area contributed by atoms with Crippen LogP contribution < -0.4 is 4.80 Å². The minimum absolute atomic E-state index is 0.0134. The molecule has 17 nitrogen and oxygen atoms in total. The Labute approximate surface area is 408 Å². The fraction of sp³-hybridized carbons (Fsp3) is 0.731. The molecule has 4 heterocycles. The number of hydrogen-bond donors (Lipinski definition) is 3. The number of H-pyrrole nitrogens is 1. The summed E-state index contributed by atoms with van der Waals surface area (Å²) < 4.78 is 30.0. The van der Waals surface area contributed by atoms with Crippen LogP contribution in [0.1, 0.15) is 132 Å². The molecule has 17 heteroatoms. The van der Waals surface area contributed by atoms with Gasteiger partial charge in [0.15, 0.2) is 11.8 Å². The molecule has 2 saturated heterocycles. The van der Waals surface area contributed by atoms with Crippen molar-refractivity contribution in [3.05, 3.63) is 53.9 Å². The first-order valence-electron chi connectivity index (χ1n) is 25.1. The highest BCUT2D eigenvalue weighted by atomic mass is 16.6. The van der Waals surface area contributed by atoms with Crippen LogP contribution in [-0.2, 0) is 47.7 Å². The van der Waals surface area contributed by atoms with E-state index in [-0.39, 0.29) is 67.3 Å². The molecule has 3 N–H and O–H groups in total. The second-order valence-corrected chi connectivity index (χ2v) is 20.4. The van der Waals surface area contributed by atoms with E-state index in [0.717, 1.165) is 18.4 Å². The number of methoxy groups -OCH3 is 3. The second-order valence-electron chi connectivity index (χ2n) is 20.4. The molecule has 15 atom stereocenters. The van der Waals surface area contributed by atoms with Crippen molar-refractivity contribution in [2.24, 2.45) is 35.5 Å².